The average Bonchev–Trinajstić information content (AvgIpc) is 3.53. The number of sulfonamides is 1. The Morgan fingerprint density at radius 2 is 1.73 bits per heavy atom. The molecular formula is C28H33F3N4O5S. The second-order valence-corrected chi connectivity index (χ2v) is 13.6. The molecule has 2 saturated heterocycles. The first-order chi connectivity index (χ1) is 19.4. The lowest BCUT2D eigenvalue weighted by Gasteiger charge is -2.47. The summed E-state index contributed by atoms with van der Waals surface area (Å²) in [5.41, 5.74) is 3.07. The molecular weight excluding hydrogens is 561 g/mol. The molecule has 1 amide bonds. The number of hydrogen-bond donors (Lipinski definition) is 3. The third-order valence-electron chi connectivity index (χ3n) is 8.72. The molecule has 13 heteroatoms. The van der Waals surface area contributed by atoms with Gasteiger partial charge < -0.3 is 20.1 Å². The molecule has 2 aromatic rings. The smallest absolute Gasteiger partial charge is 0.395 e. The van der Waals surface area contributed by atoms with Crippen LogP contribution in [0, 0.1) is 5.41 Å². The van der Waals surface area contributed by atoms with E-state index in [9.17, 15) is 26.4 Å². The first-order valence-corrected chi connectivity index (χ1v) is 15.4. The number of piperidine rings is 1. The van der Waals surface area contributed by atoms with Gasteiger partial charge >= 0.3 is 6.18 Å². The second-order valence-electron chi connectivity index (χ2n) is 11.7. The fraction of sp³-hybridized carbons (Fsp3) is 0.536. The molecule has 3 N–H and O–H groups in total. The highest BCUT2D eigenvalue weighted by Gasteiger charge is 2.52. The van der Waals surface area contributed by atoms with Gasteiger partial charge in [-0.3, -0.25) is 14.4 Å². The first-order valence-electron chi connectivity index (χ1n) is 13.8. The highest BCUT2D eigenvalue weighted by molar-refractivity contribution is 7.92. The van der Waals surface area contributed by atoms with Crippen molar-refractivity contribution in [3.05, 3.63) is 53.1 Å². The molecule has 3 aliphatic heterocycles. The Hall–Kier alpha value is -2.87. The molecule has 41 heavy (non-hydrogen) atoms. The number of hydrogen-bond acceptors (Lipinski definition) is 7. The van der Waals surface area contributed by atoms with Crippen molar-refractivity contribution in [1.82, 2.24) is 4.90 Å². The van der Waals surface area contributed by atoms with Gasteiger partial charge in [0.25, 0.3) is 5.91 Å². The average molecular weight is 595 g/mol. The van der Waals surface area contributed by atoms with E-state index in [0.717, 1.165) is 37.1 Å². The Morgan fingerprint density at radius 1 is 1.02 bits per heavy atom. The number of nitrogens with one attached hydrogen (secondary N) is 2. The number of aliphatic hydroxyl groups excluding tert-OH is 1. The molecule has 0 bridgehead atoms. The molecule has 222 valence electrons. The summed E-state index contributed by atoms with van der Waals surface area (Å²) in [4.78, 5) is 17.0. The van der Waals surface area contributed by atoms with Gasteiger partial charge in [0, 0.05) is 31.9 Å². The molecule has 0 aromatic heterocycles. The van der Waals surface area contributed by atoms with E-state index in [1.807, 2.05) is 6.07 Å². The fourth-order valence-corrected chi connectivity index (χ4v) is 7.13. The highest BCUT2D eigenvalue weighted by Crippen LogP contribution is 2.54. The number of rotatable bonds is 8. The number of nitrogens with zero attached hydrogens (tertiary/aromatic N) is 2. The Balaban J connectivity index is 1.22. The lowest BCUT2D eigenvalue weighted by Crippen LogP contribution is -2.61. The second kappa shape index (κ2) is 10.1. The molecule has 3 heterocycles. The van der Waals surface area contributed by atoms with Crippen LogP contribution in [-0.4, -0.2) is 75.6 Å². The summed E-state index contributed by atoms with van der Waals surface area (Å²) >= 11 is 0. The monoisotopic (exact) mass is 594 g/mol. The summed E-state index contributed by atoms with van der Waals surface area (Å²) in [5, 5.41) is 12.0. The van der Waals surface area contributed by atoms with Crippen molar-refractivity contribution in [2.45, 2.75) is 44.1 Å². The summed E-state index contributed by atoms with van der Waals surface area (Å²) in [6.45, 7) is 0.565. The third kappa shape index (κ3) is 5.90. The molecule has 4 aliphatic rings. The van der Waals surface area contributed by atoms with E-state index in [-0.39, 0.29) is 19.0 Å². The number of amides is 1. The lowest BCUT2D eigenvalue weighted by molar-refractivity contribution is -0.199. The van der Waals surface area contributed by atoms with E-state index in [0.29, 0.717) is 34.6 Å². The molecule has 0 unspecified atom stereocenters. The minimum Gasteiger partial charge on any atom is -0.395 e. The van der Waals surface area contributed by atoms with Crippen LogP contribution < -0.4 is 14.9 Å². The van der Waals surface area contributed by atoms with Crippen molar-refractivity contribution in [3.8, 4) is 0 Å². The van der Waals surface area contributed by atoms with Crippen molar-refractivity contribution < 1.29 is 36.2 Å². The van der Waals surface area contributed by atoms with E-state index >= 15 is 0 Å². The maximum atomic E-state index is 13.6. The van der Waals surface area contributed by atoms with Crippen LogP contribution >= 0.6 is 0 Å². The number of ether oxygens (including phenoxy) is 1. The van der Waals surface area contributed by atoms with Gasteiger partial charge in [0.15, 0.2) is 0 Å². The summed E-state index contributed by atoms with van der Waals surface area (Å²) in [5.74, 6) is -0.814. The standard InChI is InChI=1S/C28H33F3N4O5S/c29-28(30,31)18-34-16-27(17-34)23-13-20(2-1-19(23)15-40-27)32-25(37)22-4-3-21(33-41(38,39)12-11-36)14-24(22)35-9-7-26(5-6-26)8-10-35/h1-4,13-14,33,36H,5-12,15-18H2,(H,32,37). The number of anilines is 3. The van der Waals surface area contributed by atoms with Gasteiger partial charge in [-0.25, -0.2) is 8.42 Å². The quantitative estimate of drug-likeness (QED) is 0.428. The number of carbonyl (C=O) groups excluding carboxylic acids is 1. The molecule has 6 rings (SSSR count). The van der Waals surface area contributed by atoms with E-state index in [4.69, 9.17) is 9.84 Å². The van der Waals surface area contributed by atoms with E-state index in [1.54, 1.807) is 24.3 Å². The minimum absolute atomic E-state index is 0.130. The maximum Gasteiger partial charge on any atom is 0.401 e. The summed E-state index contributed by atoms with van der Waals surface area (Å²) in [6, 6.07) is 10.1. The zero-order valence-corrected chi connectivity index (χ0v) is 23.3. The van der Waals surface area contributed by atoms with Crippen LogP contribution in [-0.2, 0) is 27.0 Å². The SMILES string of the molecule is O=C(Nc1ccc2c(c1)C1(CN(CC(F)(F)F)C1)OC2)c1ccc(NS(=O)(=O)CCO)cc1N1CCC2(CC1)CC2. The van der Waals surface area contributed by atoms with Gasteiger partial charge in [0.1, 0.15) is 5.60 Å². The number of likely N-dealkylation sites (tertiary alicyclic amines) is 1. The third-order valence-corrected chi connectivity index (χ3v) is 9.99. The van der Waals surface area contributed by atoms with Crippen molar-refractivity contribution in [1.29, 1.82) is 0 Å². The van der Waals surface area contributed by atoms with E-state index < -0.39 is 40.7 Å². The fourth-order valence-electron chi connectivity index (χ4n) is 6.30. The highest BCUT2D eigenvalue weighted by atomic mass is 32.2. The van der Waals surface area contributed by atoms with Gasteiger partial charge in [-0.1, -0.05) is 6.07 Å². The summed E-state index contributed by atoms with van der Waals surface area (Å²) in [7, 11) is -3.75. The normalized spacial score (nSPS) is 21.0. The molecule has 1 aliphatic carbocycles. The molecule has 3 fully saturated rings. The van der Waals surface area contributed by atoms with Gasteiger partial charge in [-0.05, 0) is 72.6 Å². The van der Waals surface area contributed by atoms with Crippen LogP contribution in [0.25, 0.3) is 0 Å². The number of benzene rings is 2. The van der Waals surface area contributed by atoms with Gasteiger partial charge in [-0.15, -0.1) is 0 Å². The molecule has 2 spiro atoms. The Labute approximate surface area is 236 Å². The minimum atomic E-state index is -4.28. The summed E-state index contributed by atoms with van der Waals surface area (Å²) in [6.07, 6.45) is 0.164. The van der Waals surface area contributed by atoms with Crippen molar-refractivity contribution in [3.63, 3.8) is 0 Å². The van der Waals surface area contributed by atoms with Crippen molar-refractivity contribution in [2.75, 3.05) is 60.0 Å². The number of alkyl halides is 3. The van der Waals surface area contributed by atoms with E-state index in [2.05, 4.69) is 14.9 Å². The number of carbonyl (C=O) groups is 1. The largest absolute Gasteiger partial charge is 0.401 e. The lowest BCUT2D eigenvalue weighted by atomic mass is 9.85. The Morgan fingerprint density at radius 3 is 2.39 bits per heavy atom. The van der Waals surface area contributed by atoms with Gasteiger partial charge in [-0.2, -0.15) is 13.2 Å². The van der Waals surface area contributed by atoms with Gasteiger partial charge in [0.2, 0.25) is 10.0 Å². The predicted octanol–water partition coefficient (Wildman–Crippen LogP) is 3.66. The number of aliphatic hydroxyl groups is 1. The van der Waals surface area contributed by atoms with Crippen LogP contribution in [0.3, 0.4) is 0 Å². The van der Waals surface area contributed by atoms with Crippen molar-refractivity contribution in [2.24, 2.45) is 5.41 Å². The van der Waals surface area contributed by atoms with Crippen LogP contribution in [0.2, 0.25) is 0 Å². The Kier molecular flexibility index (Phi) is 6.99. The van der Waals surface area contributed by atoms with Crippen LogP contribution in [0.1, 0.15) is 47.2 Å². The summed E-state index contributed by atoms with van der Waals surface area (Å²) < 4.78 is 71.5. The van der Waals surface area contributed by atoms with Crippen LogP contribution in [0.15, 0.2) is 36.4 Å². The molecule has 9 nitrogen and oxygen atoms in total. The van der Waals surface area contributed by atoms with Gasteiger partial charge in [0.05, 0.1) is 42.4 Å². The van der Waals surface area contributed by atoms with Crippen LogP contribution in [0.5, 0.6) is 0 Å². The van der Waals surface area contributed by atoms with Crippen LogP contribution in [0.4, 0.5) is 30.2 Å². The number of fused-ring (bicyclic) bond motifs is 2. The zero-order chi connectivity index (χ0) is 29.0. The predicted molar refractivity (Wildman–Crippen MR) is 147 cm³/mol. The van der Waals surface area contributed by atoms with Crippen molar-refractivity contribution >= 4 is 33.0 Å². The molecule has 0 radical (unpaired) electrons. The molecule has 0 atom stereocenters. The molecule has 2 aromatic carbocycles. The first kappa shape index (κ1) is 28.3. The topological polar surface area (TPSA) is 111 Å². The Bertz CT molecular complexity index is 1450. The number of halogens is 3. The molecule has 1 saturated carbocycles. The van der Waals surface area contributed by atoms with E-state index in [1.165, 1.54) is 23.8 Å². The maximum absolute atomic E-state index is 13.6. The zero-order valence-electron chi connectivity index (χ0n) is 22.5.